The number of benzene rings is 2. The lowest BCUT2D eigenvalue weighted by Crippen LogP contribution is -2.40. The predicted octanol–water partition coefficient (Wildman–Crippen LogP) is 2.18. The molecule has 148 valence electrons. The summed E-state index contributed by atoms with van der Waals surface area (Å²) in [6.45, 7) is 1.59. The Morgan fingerprint density at radius 3 is 2.66 bits per heavy atom. The summed E-state index contributed by atoms with van der Waals surface area (Å²) >= 11 is 1.35. The average Bonchev–Trinajstić information content (AvgIpc) is 2.95. The highest BCUT2D eigenvalue weighted by Gasteiger charge is 2.43. The van der Waals surface area contributed by atoms with E-state index in [0.717, 1.165) is 10.6 Å². The van der Waals surface area contributed by atoms with Crippen LogP contribution in [0.2, 0.25) is 0 Å². The molecule has 0 saturated carbocycles. The van der Waals surface area contributed by atoms with E-state index in [-0.39, 0.29) is 18.2 Å². The minimum Gasteiger partial charge on any atom is -0.326 e. The molecule has 8 nitrogen and oxygen atoms in total. The second-order valence-electron chi connectivity index (χ2n) is 6.96. The summed E-state index contributed by atoms with van der Waals surface area (Å²) in [4.78, 5) is 49.3. The zero-order chi connectivity index (χ0) is 20.6. The number of carbonyl (C=O) groups is 4. The van der Waals surface area contributed by atoms with Gasteiger partial charge < -0.3 is 16.0 Å². The maximum Gasteiger partial charge on any atom is 0.322 e. The first-order valence-corrected chi connectivity index (χ1v) is 9.84. The molecule has 1 fully saturated rings. The minimum absolute atomic E-state index is 0.00352. The number of hydrogen-bond acceptors (Lipinski definition) is 5. The monoisotopic (exact) mass is 410 g/mol. The first-order chi connectivity index (χ1) is 13.8. The Morgan fingerprint density at radius 1 is 1.10 bits per heavy atom. The first kappa shape index (κ1) is 19.0. The van der Waals surface area contributed by atoms with Crippen LogP contribution in [-0.2, 0) is 19.9 Å². The van der Waals surface area contributed by atoms with Gasteiger partial charge in [0.05, 0.1) is 10.9 Å². The SMILES string of the molecule is CC1(c2cccc(NC(=O)CC3Sc4ccccc4NC3=O)c2)NC(=O)NC1=O. The number of imide groups is 1. The van der Waals surface area contributed by atoms with E-state index < -0.39 is 22.7 Å². The Hall–Kier alpha value is -3.33. The Kier molecular flexibility index (Phi) is 4.75. The fourth-order valence-electron chi connectivity index (χ4n) is 3.26. The molecule has 4 N–H and O–H groups in total. The number of nitrogens with one attached hydrogen (secondary N) is 4. The Bertz CT molecular complexity index is 1040. The number of thioether (sulfide) groups is 1. The molecule has 2 atom stereocenters. The molecular formula is C20H18N4O4S. The molecular weight excluding hydrogens is 392 g/mol. The van der Waals surface area contributed by atoms with E-state index >= 15 is 0 Å². The van der Waals surface area contributed by atoms with Crippen LogP contribution in [-0.4, -0.2) is 29.0 Å². The smallest absolute Gasteiger partial charge is 0.322 e. The molecule has 2 heterocycles. The summed E-state index contributed by atoms with van der Waals surface area (Å²) in [5.74, 6) is -0.991. The number of hydrogen-bond donors (Lipinski definition) is 4. The summed E-state index contributed by atoms with van der Waals surface area (Å²) < 4.78 is 0. The largest absolute Gasteiger partial charge is 0.326 e. The van der Waals surface area contributed by atoms with Crippen molar-refractivity contribution in [2.24, 2.45) is 0 Å². The molecule has 0 radical (unpaired) electrons. The number of carbonyl (C=O) groups excluding carboxylic acids is 4. The second kappa shape index (κ2) is 7.25. The van der Waals surface area contributed by atoms with Gasteiger partial charge in [0.1, 0.15) is 5.54 Å². The Morgan fingerprint density at radius 2 is 1.90 bits per heavy atom. The van der Waals surface area contributed by atoms with Crippen LogP contribution in [0, 0.1) is 0 Å². The molecule has 2 aliphatic heterocycles. The highest BCUT2D eigenvalue weighted by molar-refractivity contribution is 8.01. The number of fused-ring (bicyclic) bond motifs is 1. The van der Waals surface area contributed by atoms with Crippen molar-refractivity contribution in [3.8, 4) is 0 Å². The van der Waals surface area contributed by atoms with Gasteiger partial charge in [-0.3, -0.25) is 19.7 Å². The standard InChI is InChI=1S/C20H18N4O4S/c1-20(18(27)23-19(28)24-20)11-5-4-6-12(9-11)21-16(25)10-15-17(26)22-13-7-2-3-8-14(13)29-15/h2-9,15H,10H2,1H3,(H,21,25)(H,22,26)(H2,23,24,27,28). The molecule has 5 amide bonds. The molecule has 2 aromatic rings. The van der Waals surface area contributed by atoms with E-state index in [0.29, 0.717) is 11.3 Å². The first-order valence-electron chi connectivity index (χ1n) is 8.96. The van der Waals surface area contributed by atoms with Crippen LogP contribution in [0.15, 0.2) is 53.4 Å². The molecule has 2 aliphatic rings. The van der Waals surface area contributed by atoms with Crippen molar-refractivity contribution in [3.05, 3.63) is 54.1 Å². The van der Waals surface area contributed by atoms with Crippen molar-refractivity contribution in [2.75, 3.05) is 10.6 Å². The Balaban J connectivity index is 1.45. The van der Waals surface area contributed by atoms with Crippen LogP contribution >= 0.6 is 11.8 Å². The minimum atomic E-state index is -1.21. The zero-order valence-electron chi connectivity index (χ0n) is 15.4. The van der Waals surface area contributed by atoms with Crippen molar-refractivity contribution in [1.82, 2.24) is 10.6 Å². The normalized spacial score (nSPS) is 22.9. The maximum atomic E-state index is 12.5. The molecule has 29 heavy (non-hydrogen) atoms. The number of urea groups is 1. The molecule has 0 spiro atoms. The summed E-state index contributed by atoms with van der Waals surface area (Å²) in [5, 5.41) is 9.84. The van der Waals surface area contributed by atoms with Gasteiger partial charge in [-0.15, -0.1) is 11.8 Å². The van der Waals surface area contributed by atoms with Gasteiger partial charge in [-0.1, -0.05) is 24.3 Å². The van der Waals surface area contributed by atoms with Crippen LogP contribution in [0.25, 0.3) is 0 Å². The number of para-hydroxylation sites is 1. The quantitative estimate of drug-likeness (QED) is 0.577. The molecule has 0 aromatic heterocycles. The van der Waals surface area contributed by atoms with Crippen LogP contribution in [0.1, 0.15) is 18.9 Å². The molecule has 2 aromatic carbocycles. The van der Waals surface area contributed by atoms with Gasteiger partial charge >= 0.3 is 6.03 Å². The topological polar surface area (TPSA) is 116 Å². The lowest BCUT2D eigenvalue weighted by Gasteiger charge is -2.24. The van der Waals surface area contributed by atoms with Crippen LogP contribution in [0.3, 0.4) is 0 Å². The summed E-state index contributed by atoms with van der Waals surface area (Å²) in [6.07, 6.45) is 0.00352. The maximum absolute atomic E-state index is 12.5. The highest BCUT2D eigenvalue weighted by Crippen LogP contribution is 2.36. The summed E-state index contributed by atoms with van der Waals surface area (Å²) in [7, 11) is 0. The van der Waals surface area contributed by atoms with Gasteiger partial charge in [0, 0.05) is 17.0 Å². The summed E-state index contributed by atoms with van der Waals surface area (Å²) in [6, 6.07) is 13.6. The predicted molar refractivity (Wildman–Crippen MR) is 108 cm³/mol. The van der Waals surface area contributed by atoms with Gasteiger partial charge in [-0.05, 0) is 36.8 Å². The van der Waals surface area contributed by atoms with Crippen molar-refractivity contribution in [2.45, 2.75) is 29.0 Å². The summed E-state index contributed by atoms with van der Waals surface area (Å²) in [5.41, 5.74) is 0.555. The van der Waals surface area contributed by atoms with Crippen molar-refractivity contribution in [1.29, 1.82) is 0 Å². The van der Waals surface area contributed by atoms with E-state index in [4.69, 9.17) is 0 Å². The average molecular weight is 410 g/mol. The van der Waals surface area contributed by atoms with Crippen LogP contribution < -0.4 is 21.3 Å². The van der Waals surface area contributed by atoms with Gasteiger partial charge in [-0.2, -0.15) is 0 Å². The molecule has 0 bridgehead atoms. The van der Waals surface area contributed by atoms with E-state index in [1.807, 2.05) is 24.3 Å². The van der Waals surface area contributed by atoms with E-state index in [1.165, 1.54) is 11.8 Å². The second-order valence-corrected chi connectivity index (χ2v) is 8.20. The Labute approximate surface area is 170 Å². The van der Waals surface area contributed by atoms with E-state index in [9.17, 15) is 19.2 Å². The number of amides is 5. The lowest BCUT2D eigenvalue weighted by molar-refractivity contribution is -0.123. The third-order valence-electron chi connectivity index (χ3n) is 4.85. The molecule has 9 heteroatoms. The molecule has 4 rings (SSSR count). The fourth-order valence-corrected chi connectivity index (χ4v) is 4.37. The van der Waals surface area contributed by atoms with E-state index in [1.54, 1.807) is 31.2 Å². The third-order valence-corrected chi connectivity index (χ3v) is 6.12. The van der Waals surface area contributed by atoms with E-state index in [2.05, 4.69) is 21.3 Å². The zero-order valence-corrected chi connectivity index (χ0v) is 16.3. The number of rotatable bonds is 4. The van der Waals surface area contributed by atoms with Gasteiger partial charge in [0.2, 0.25) is 11.8 Å². The molecule has 2 unspecified atom stereocenters. The van der Waals surface area contributed by atoms with Gasteiger partial charge in [-0.25, -0.2) is 4.79 Å². The van der Waals surface area contributed by atoms with Crippen LogP contribution in [0.5, 0.6) is 0 Å². The van der Waals surface area contributed by atoms with Gasteiger partial charge in [0.15, 0.2) is 0 Å². The fraction of sp³-hybridized carbons (Fsp3) is 0.200. The van der Waals surface area contributed by atoms with Gasteiger partial charge in [0.25, 0.3) is 5.91 Å². The van der Waals surface area contributed by atoms with Crippen LogP contribution in [0.4, 0.5) is 16.2 Å². The number of anilines is 2. The lowest BCUT2D eigenvalue weighted by atomic mass is 9.92. The van der Waals surface area contributed by atoms with Crippen molar-refractivity contribution < 1.29 is 19.2 Å². The molecule has 0 aliphatic carbocycles. The highest BCUT2D eigenvalue weighted by atomic mass is 32.2. The van der Waals surface area contributed by atoms with Crippen molar-refractivity contribution in [3.63, 3.8) is 0 Å². The molecule has 1 saturated heterocycles. The van der Waals surface area contributed by atoms with Crippen molar-refractivity contribution >= 4 is 46.9 Å². The third kappa shape index (κ3) is 3.68.